The molecule has 3 aromatic carbocycles. The van der Waals surface area contributed by atoms with E-state index in [0.29, 0.717) is 22.1 Å². The minimum Gasteiger partial charge on any atom is -0.377 e. The zero-order chi connectivity index (χ0) is 20.0. The maximum atomic E-state index is 13.5. The van der Waals surface area contributed by atoms with Crippen molar-refractivity contribution in [2.24, 2.45) is 5.92 Å². The number of hydrogen-bond acceptors (Lipinski definition) is 2. The van der Waals surface area contributed by atoms with Gasteiger partial charge in [0.15, 0.2) is 5.78 Å². The molecule has 0 unspecified atom stereocenters. The van der Waals surface area contributed by atoms with Gasteiger partial charge in [0.05, 0.1) is 6.04 Å². The average molecular weight is 404 g/mol. The molecular weight excluding hydrogens is 385 g/mol. The van der Waals surface area contributed by atoms with Gasteiger partial charge in [-0.05, 0) is 47.7 Å². The standard InChI is InChI=1S/C25H19ClFNO/c26-17-13-21-19-7-4-8-20(19)23(15-9-11-18(27)12-10-15)28-24(21)22(14-17)25(29)16-5-2-1-3-6-16/h1-7,9-14,19-20,23,28H,8H2/t19-,20+,23-/m1/s1. The summed E-state index contributed by atoms with van der Waals surface area (Å²) in [5, 5.41) is 4.17. The van der Waals surface area contributed by atoms with E-state index in [1.165, 1.54) is 12.1 Å². The number of fused-ring (bicyclic) bond motifs is 3. The van der Waals surface area contributed by atoms with E-state index in [1.807, 2.05) is 48.5 Å². The zero-order valence-corrected chi connectivity index (χ0v) is 16.4. The first kappa shape index (κ1) is 18.1. The highest BCUT2D eigenvalue weighted by molar-refractivity contribution is 6.31. The summed E-state index contributed by atoms with van der Waals surface area (Å²) < 4.78 is 13.5. The molecule has 1 aliphatic heterocycles. The maximum Gasteiger partial charge on any atom is 0.195 e. The van der Waals surface area contributed by atoms with Crippen molar-refractivity contribution >= 4 is 23.1 Å². The molecule has 0 amide bonds. The Morgan fingerprint density at radius 1 is 1.03 bits per heavy atom. The van der Waals surface area contributed by atoms with Crippen molar-refractivity contribution in [3.05, 3.63) is 112 Å². The molecule has 1 aliphatic carbocycles. The molecule has 2 nitrogen and oxygen atoms in total. The van der Waals surface area contributed by atoms with E-state index < -0.39 is 0 Å². The Balaban J connectivity index is 1.64. The van der Waals surface area contributed by atoms with Gasteiger partial charge in [-0.3, -0.25) is 4.79 Å². The van der Waals surface area contributed by atoms with Crippen molar-refractivity contribution in [2.45, 2.75) is 18.4 Å². The lowest BCUT2D eigenvalue weighted by atomic mass is 9.76. The van der Waals surface area contributed by atoms with Crippen LogP contribution in [0.5, 0.6) is 0 Å². The van der Waals surface area contributed by atoms with E-state index in [1.54, 1.807) is 6.07 Å². The Labute approximate surface area is 174 Å². The van der Waals surface area contributed by atoms with Gasteiger partial charge < -0.3 is 5.32 Å². The van der Waals surface area contributed by atoms with Crippen LogP contribution >= 0.6 is 11.6 Å². The van der Waals surface area contributed by atoms with Gasteiger partial charge in [0.25, 0.3) is 0 Å². The van der Waals surface area contributed by atoms with Crippen molar-refractivity contribution in [3.63, 3.8) is 0 Å². The number of carbonyl (C=O) groups excluding carboxylic acids is 1. The lowest BCUT2D eigenvalue weighted by Crippen LogP contribution is -2.30. The first-order valence-electron chi connectivity index (χ1n) is 9.73. The van der Waals surface area contributed by atoms with E-state index in [-0.39, 0.29) is 23.6 Å². The van der Waals surface area contributed by atoms with Crippen molar-refractivity contribution in [2.75, 3.05) is 5.32 Å². The van der Waals surface area contributed by atoms with Crippen molar-refractivity contribution in [1.29, 1.82) is 0 Å². The highest BCUT2D eigenvalue weighted by atomic mass is 35.5. The first-order chi connectivity index (χ1) is 14.1. The first-order valence-corrected chi connectivity index (χ1v) is 10.1. The van der Waals surface area contributed by atoms with E-state index in [4.69, 9.17) is 11.6 Å². The predicted molar refractivity (Wildman–Crippen MR) is 114 cm³/mol. The van der Waals surface area contributed by atoms with Gasteiger partial charge in [0.1, 0.15) is 5.82 Å². The predicted octanol–water partition coefficient (Wildman–Crippen LogP) is 6.54. The molecule has 29 heavy (non-hydrogen) atoms. The molecule has 0 saturated carbocycles. The monoisotopic (exact) mass is 403 g/mol. The van der Waals surface area contributed by atoms with Gasteiger partial charge >= 0.3 is 0 Å². The lowest BCUT2D eigenvalue weighted by molar-refractivity contribution is 0.103. The van der Waals surface area contributed by atoms with Crippen LogP contribution in [0.1, 0.15) is 45.4 Å². The van der Waals surface area contributed by atoms with E-state index >= 15 is 0 Å². The molecule has 3 atom stereocenters. The molecule has 144 valence electrons. The lowest BCUT2D eigenvalue weighted by Gasteiger charge is -2.38. The quantitative estimate of drug-likeness (QED) is 0.397. The summed E-state index contributed by atoms with van der Waals surface area (Å²) in [7, 11) is 0. The van der Waals surface area contributed by atoms with Crippen LogP contribution in [-0.4, -0.2) is 5.78 Å². The van der Waals surface area contributed by atoms with Gasteiger partial charge in [-0.1, -0.05) is 66.2 Å². The summed E-state index contributed by atoms with van der Waals surface area (Å²) in [4.78, 5) is 13.3. The molecule has 0 radical (unpaired) electrons. The second-order valence-corrected chi connectivity index (χ2v) is 8.08. The number of rotatable bonds is 3. The summed E-state index contributed by atoms with van der Waals surface area (Å²) >= 11 is 6.43. The fourth-order valence-corrected chi connectivity index (χ4v) is 4.82. The van der Waals surface area contributed by atoms with E-state index in [9.17, 15) is 9.18 Å². The van der Waals surface area contributed by atoms with Gasteiger partial charge in [0, 0.05) is 27.8 Å². The van der Waals surface area contributed by atoms with Crippen LogP contribution in [0, 0.1) is 11.7 Å². The van der Waals surface area contributed by atoms with Gasteiger partial charge in [0.2, 0.25) is 0 Å². The van der Waals surface area contributed by atoms with E-state index in [0.717, 1.165) is 23.2 Å². The molecule has 1 N–H and O–H groups in total. The summed E-state index contributed by atoms with van der Waals surface area (Å²) in [5.74, 6) is 0.154. The summed E-state index contributed by atoms with van der Waals surface area (Å²) in [5.41, 5.74) is 4.09. The van der Waals surface area contributed by atoms with Crippen molar-refractivity contribution in [3.8, 4) is 0 Å². The van der Waals surface area contributed by atoms with Crippen LogP contribution in [0.25, 0.3) is 0 Å². The van der Waals surface area contributed by atoms with Crippen LogP contribution in [-0.2, 0) is 0 Å². The summed E-state index contributed by atoms with van der Waals surface area (Å²) in [6.07, 6.45) is 5.31. The third-order valence-corrected chi connectivity index (χ3v) is 6.16. The molecule has 4 heteroatoms. The highest BCUT2D eigenvalue weighted by Crippen LogP contribution is 2.51. The average Bonchev–Trinajstić information content (AvgIpc) is 3.24. The molecular formula is C25H19ClFNO. The number of allylic oxidation sites excluding steroid dienone is 2. The summed E-state index contributed by atoms with van der Waals surface area (Å²) in [6, 6.07) is 19.5. The number of nitrogens with one attached hydrogen (secondary N) is 1. The highest BCUT2D eigenvalue weighted by Gasteiger charge is 2.39. The number of benzene rings is 3. The smallest absolute Gasteiger partial charge is 0.195 e. The molecule has 1 heterocycles. The Morgan fingerprint density at radius 3 is 2.55 bits per heavy atom. The second kappa shape index (κ2) is 7.16. The molecule has 0 saturated heterocycles. The van der Waals surface area contributed by atoms with Crippen LogP contribution in [0.3, 0.4) is 0 Å². The van der Waals surface area contributed by atoms with Crippen LogP contribution < -0.4 is 5.32 Å². The van der Waals surface area contributed by atoms with Crippen LogP contribution in [0.2, 0.25) is 5.02 Å². The van der Waals surface area contributed by atoms with Gasteiger partial charge in [-0.15, -0.1) is 0 Å². The molecule has 0 bridgehead atoms. The Hall–Kier alpha value is -2.91. The minimum absolute atomic E-state index is 0.00778. The molecule has 0 aromatic heterocycles. The normalized spacial score (nSPS) is 21.9. The molecule has 3 aromatic rings. The Morgan fingerprint density at radius 2 is 1.79 bits per heavy atom. The number of ketones is 1. The van der Waals surface area contributed by atoms with Crippen molar-refractivity contribution in [1.82, 2.24) is 0 Å². The van der Waals surface area contributed by atoms with E-state index in [2.05, 4.69) is 17.5 Å². The SMILES string of the molecule is O=C(c1ccccc1)c1cc(Cl)cc2c1N[C@H](c1ccc(F)cc1)[C@H]1CC=C[C@@H]21. The molecule has 5 rings (SSSR count). The zero-order valence-electron chi connectivity index (χ0n) is 15.6. The number of anilines is 1. The van der Waals surface area contributed by atoms with Gasteiger partial charge in [-0.25, -0.2) is 4.39 Å². The number of carbonyl (C=O) groups is 1. The van der Waals surface area contributed by atoms with Crippen LogP contribution in [0.15, 0.2) is 78.9 Å². The number of halogens is 2. The topological polar surface area (TPSA) is 29.1 Å². The molecule has 0 fully saturated rings. The maximum absolute atomic E-state index is 13.5. The van der Waals surface area contributed by atoms with Gasteiger partial charge in [-0.2, -0.15) is 0 Å². The van der Waals surface area contributed by atoms with Crippen molar-refractivity contribution < 1.29 is 9.18 Å². The number of hydrogen-bond donors (Lipinski definition) is 1. The Bertz CT molecular complexity index is 1110. The largest absolute Gasteiger partial charge is 0.377 e. The fourth-order valence-electron chi connectivity index (χ4n) is 4.59. The fraction of sp³-hybridized carbons (Fsp3) is 0.160. The summed E-state index contributed by atoms with van der Waals surface area (Å²) in [6.45, 7) is 0. The minimum atomic E-state index is -0.252. The molecule has 0 spiro atoms. The third kappa shape index (κ3) is 3.16. The second-order valence-electron chi connectivity index (χ2n) is 7.64. The third-order valence-electron chi connectivity index (χ3n) is 5.94. The molecule has 2 aliphatic rings. The Kier molecular flexibility index (Phi) is 4.48. The van der Waals surface area contributed by atoms with Crippen LogP contribution in [0.4, 0.5) is 10.1 Å².